The van der Waals surface area contributed by atoms with Gasteiger partial charge in [-0.2, -0.15) is 0 Å². The van der Waals surface area contributed by atoms with Crippen molar-refractivity contribution in [2.24, 2.45) is 40.4 Å². The number of Topliss-reactive ketones (excluding diaryl/α,β-unsaturated/α-hetero) is 1. The molecule has 1 aromatic rings. The van der Waals surface area contributed by atoms with Crippen molar-refractivity contribution in [3.63, 3.8) is 0 Å². The van der Waals surface area contributed by atoms with Crippen molar-refractivity contribution in [3.8, 4) is 5.75 Å². The number of benzene rings is 1. The van der Waals surface area contributed by atoms with Gasteiger partial charge in [0.25, 0.3) is 0 Å². The monoisotopic (exact) mass is 613 g/mol. The second kappa shape index (κ2) is 9.36. The second-order valence-corrected chi connectivity index (χ2v) is 15.9. The number of carbonyl (C=O) groups excluding carboxylic acids is 4. The Morgan fingerprint density at radius 3 is 2.09 bits per heavy atom. The Kier molecular flexibility index (Phi) is 6.30. The molecule has 6 saturated carbocycles. The lowest BCUT2D eigenvalue weighted by Gasteiger charge is -2.54. The van der Waals surface area contributed by atoms with Crippen LogP contribution < -0.4 is 4.74 Å². The molecule has 0 spiro atoms. The van der Waals surface area contributed by atoms with Crippen molar-refractivity contribution >= 4 is 33.8 Å². The van der Waals surface area contributed by atoms with Crippen LogP contribution in [-0.2, 0) is 38.8 Å². The van der Waals surface area contributed by atoms with E-state index in [1.165, 1.54) is 12.1 Å². The molecule has 1 aromatic carbocycles. The number of hydrogen-bond acceptors (Lipinski definition) is 10. The van der Waals surface area contributed by atoms with Crippen LogP contribution in [0, 0.1) is 40.4 Å². The minimum atomic E-state index is -4.80. The summed E-state index contributed by atoms with van der Waals surface area (Å²) in [6, 6.07) is 2.78. The zero-order chi connectivity index (χ0) is 30.8. The number of esters is 3. The minimum absolute atomic E-state index is 0.0672. The molecule has 8 rings (SSSR count). The average Bonchev–Trinajstić information content (AvgIpc) is 3.52. The molecule has 7 unspecified atom stereocenters. The average molecular weight is 614 g/mol. The molecule has 43 heavy (non-hydrogen) atoms. The van der Waals surface area contributed by atoms with Gasteiger partial charge in [-0.15, -0.1) is 0 Å². The van der Waals surface area contributed by atoms with E-state index in [4.69, 9.17) is 14.2 Å². The quantitative estimate of drug-likeness (QED) is 0.191. The summed E-state index contributed by atoms with van der Waals surface area (Å²) in [4.78, 5) is 53.1. The smallest absolute Gasteiger partial charge is 0.329 e. The minimum Gasteiger partial charge on any atom is -0.744 e. The van der Waals surface area contributed by atoms with Gasteiger partial charge in [0.2, 0.25) is 0 Å². The maximum Gasteiger partial charge on any atom is 0.329 e. The lowest BCUT2D eigenvalue weighted by molar-refractivity contribution is -0.186. The first-order valence-corrected chi connectivity index (χ1v) is 16.9. The van der Waals surface area contributed by atoms with Gasteiger partial charge < -0.3 is 18.8 Å². The first-order chi connectivity index (χ1) is 20.1. The Morgan fingerprint density at radius 1 is 0.930 bits per heavy atom. The molecule has 1 aliphatic heterocycles. The number of ether oxygens (including phenoxy) is 3. The van der Waals surface area contributed by atoms with Crippen LogP contribution in [0.2, 0.25) is 0 Å². The summed E-state index contributed by atoms with van der Waals surface area (Å²) in [7, 11) is -4.80. The molecule has 0 aromatic heterocycles. The largest absolute Gasteiger partial charge is 0.744 e. The topological polar surface area (TPSA) is 153 Å². The molecule has 6 aliphatic carbocycles. The van der Waals surface area contributed by atoms with E-state index in [9.17, 15) is 32.1 Å². The Balaban J connectivity index is 1.12. The molecule has 7 atom stereocenters. The summed E-state index contributed by atoms with van der Waals surface area (Å²) in [6.07, 6.45) is 2.72. The predicted molar refractivity (Wildman–Crippen MR) is 148 cm³/mol. The maximum absolute atomic E-state index is 13.8. The highest BCUT2D eigenvalue weighted by atomic mass is 32.2. The summed E-state index contributed by atoms with van der Waals surface area (Å²) in [5.74, 6) is -2.65. The van der Waals surface area contributed by atoms with Crippen LogP contribution in [0.1, 0.15) is 95.6 Å². The van der Waals surface area contributed by atoms with Crippen LogP contribution >= 0.6 is 0 Å². The first-order valence-electron chi connectivity index (χ1n) is 15.5. The van der Waals surface area contributed by atoms with Crippen LogP contribution in [0.3, 0.4) is 0 Å². The van der Waals surface area contributed by atoms with Crippen LogP contribution in [0.25, 0.3) is 0 Å². The van der Waals surface area contributed by atoms with Crippen LogP contribution in [0.4, 0.5) is 0 Å². The van der Waals surface area contributed by atoms with Crippen molar-refractivity contribution in [3.05, 3.63) is 23.3 Å². The molecule has 232 valence electrons. The fraction of sp³-hybridized carbons (Fsp3) is 0.688. The molecule has 1 saturated heterocycles. The Labute approximate surface area is 251 Å². The molecule has 0 amide bonds. The fourth-order valence-corrected chi connectivity index (χ4v) is 10.9. The SMILES string of the molecule is CC(C)c1cc(OC(=O)C23CC4CC2C(OC3=O)C4OC(=O)C23CC4CC(C2)C(=O)C(C4)C3)cc(C(C)C)c1S(=O)(=O)[O-]. The highest BCUT2D eigenvalue weighted by molar-refractivity contribution is 7.85. The molecule has 11 heteroatoms. The third-order valence-electron chi connectivity index (χ3n) is 11.4. The summed E-state index contributed by atoms with van der Waals surface area (Å²) in [5.41, 5.74) is -1.69. The van der Waals surface area contributed by atoms with Crippen molar-refractivity contribution < 1.29 is 46.4 Å². The van der Waals surface area contributed by atoms with Crippen molar-refractivity contribution in [2.75, 3.05) is 0 Å². The van der Waals surface area contributed by atoms with Gasteiger partial charge in [0, 0.05) is 23.7 Å². The Bertz CT molecular complexity index is 1510. The van der Waals surface area contributed by atoms with Gasteiger partial charge in [-0.1, -0.05) is 27.7 Å². The van der Waals surface area contributed by atoms with E-state index in [1.807, 2.05) is 0 Å². The highest BCUT2D eigenvalue weighted by Gasteiger charge is 2.76. The van der Waals surface area contributed by atoms with E-state index in [-0.39, 0.29) is 69.5 Å². The third-order valence-corrected chi connectivity index (χ3v) is 12.4. The molecule has 7 fully saturated rings. The fourth-order valence-electron chi connectivity index (χ4n) is 9.73. The van der Waals surface area contributed by atoms with E-state index in [0.29, 0.717) is 25.2 Å². The van der Waals surface area contributed by atoms with E-state index >= 15 is 0 Å². The molecule has 0 N–H and O–H groups in total. The van der Waals surface area contributed by atoms with Gasteiger partial charge in [-0.25, -0.2) is 8.42 Å². The van der Waals surface area contributed by atoms with Crippen molar-refractivity contribution in [1.29, 1.82) is 0 Å². The van der Waals surface area contributed by atoms with Crippen LogP contribution in [-0.4, -0.2) is 48.9 Å². The van der Waals surface area contributed by atoms with Gasteiger partial charge in [0.15, 0.2) is 5.41 Å². The van der Waals surface area contributed by atoms with Crippen LogP contribution in [0.5, 0.6) is 5.75 Å². The lowest BCUT2D eigenvalue weighted by atomic mass is 9.49. The predicted octanol–water partition coefficient (Wildman–Crippen LogP) is 4.00. The zero-order valence-corrected chi connectivity index (χ0v) is 25.6. The Morgan fingerprint density at radius 2 is 1.53 bits per heavy atom. The van der Waals surface area contributed by atoms with Crippen molar-refractivity contribution in [1.82, 2.24) is 0 Å². The van der Waals surface area contributed by atoms with Gasteiger partial charge in [-0.05, 0) is 86.0 Å². The summed E-state index contributed by atoms with van der Waals surface area (Å²) >= 11 is 0. The Hall–Kier alpha value is -2.79. The molecule has 7 aliphatic rings. The zero-order valence-electron chi connectivity index (χ0n) is 24.8. The van der Waals surface area contributed by atoms with Gasteiger partial charge in [0.1, 0.15) is 33.9 Å². The summed E-state index contributed by atoms with van der Waals surface area (Å²) in [6.45, 7) is 6.98. The van der Waals surface area contributed by atoms with E-state index in [0.717, 1.165) is 19.3 Å². The molecule has 6 bridgehead atoms. The first kappa shape index (κ1) is 29.0. The molecule has 1 heterocycles. The standard InChI is InChI=1S/C32H38O10S/c1-14(2)21-8-20(9-22(15(3)4)27(21)43(37,38)39)40-29(35)32-13-19-7-23(32)26(42-30(32)36)25(19)41-28(34)31-10-16-5-17(11-31)24(33)18(6-16)12-31/h8-9,14-19,23,25-26H,5-7,10-13H2,1-4H3,(H,37,38,39)/p-1. The molecule has 0 radical (unpaired) electrons. The number of fused-ring (bicyclic) bond motifs is 1. The normalized spacial score (nSPS) is 38.7. The maximum atomic E-state index is 13.8. The van der Waals surface area contributed by atoms with Gasteiger partial charge >= 0.3 is 17.9 Å². The highest BCUT2D eigenvalue weighted by Crippen LogP contribution is 2.64. The number of carbonyl (C=O) groups is 4. The van der Waals surface area contributed by atoms with E-state index < -0.39 is 51.0 Å². The second-order valence-electron chi connectivity index (χ2n) is 14.6. The molecular formula is C32H37O10S-. The number of rotatable bonds is 7. The molecule has 10 nitrogen and oxygen atoms in total. The van der Waals surface area contributed by atoms with E-state index in [1.54, 1.807) is 27.7 Å². The van der Waals surface area contributed by atoms with Crippen molar-refractivity contribution in [2.45, 2.75) is 102 Å². The summed E-state index contributed by atoms with van der Waals surface area (Å²) in [5, 5.41) is 0. The number of ketones is 1. The third kappa shape index (κ3) is 4.09. The lowest BCUT2D eigenvalue weighted by Crippen LogP contribution is -2.56. The van der Waals surface area contributed by atoms with E-state index in [2.05, 4.69) is 0 Å². The summed E-state index contributed by atoms with van der Waals surface area (Å²) < 4.78 is 54.3. The van der Waals surface area contributed by atoms with Crippen LogP contribution in [0.15, 0.2) is 17.0 Å². The number of hydrogen-bond donors (Lipinski definition) is 0. The molecular weight excluding hydrogens is 576 g/mol. The van der Waals surface area contributed by atoms with Gasteiger partial charge in [0.05, 0.1) is 10.3 Å². The van der Waals surface area contributed by atoms with Gasteiger partial charge in [-0.3, -0.25) is 19.2 Å².